The van der Waals surface area contributed by atoms with E-state index in [1.165, 1.54) is 36.4 Å². The Morgan fingerprint density at radius 2 is 0.786 bits per heavy atom. The molecule has 0 fully saturated rings. The van der Waals surface area contributed by atoms with Gasteiger partial charge in [-0.25, -0.2) is 9.59 Å². The van der Waals surface area contributed by atoms with Gasteiger partial charge in [-0.2, -0.15) is 0 Å². The minimum absolute atomic E-state index is 0. The van der Waals surface area contributed by atoms with Crippen LogP contribution in [0.3, 0.4) is 0 Å². The molecule has 12 heteroatoms. The van der Waals surface area contributed by atoms with E-state index in [4.69, 9.17) is 10.2 Å². The number of carbonyl (C=O) groups excluding carboxylic acids is 2. The topological polar surface area (TPSA) is 215 Å². The molecule has 2 aromatic rings. The van der Waals surface area contributed by atoms with Gasteiger partial charge in [0.15, 0.2) is 0 Å². The summed E-state index contributed by atoms with van der Waals surface area (Å²) in [6.07, 6.45) is 0. The average Bonchev–Trinajstić information content (AvgIpc) is 2.55. The van der Waals surface area contributed by atoms with Crippen molar-refractivity contribution in [1.82, 2.24) is 0 Å². The third kappa shape index (κ3) is 10.3. The molecule has 10 nitrogen and oxygen atoms in total. The van der Waals surface area contributed by atoms with E-state index in [-0.39, 0.29) is 109 Å². The zero-order valence-corrected chi connectivity index (χ0v) is 18.7. The van der Waals surface area contributed by atoms with Gasteiger partial charge >= 0.3 is 87.4 Å². The van der Waals surface area contributed by atoms with Gasteiger partial charge in [0.25, 0.3) is 0 Å². The molecule has 0 bridgehead atoms. The molecule has 2 rings (SSSR count). The van der Waals surface area contributed by atoms with Crippen molar-refractivity contribution in [3.05, 3.63) is 70.8 Å². The van der Waals surface area contributed by atoms with Crippen molar-refractivity contribution in [3.63, 3.8) is 0 Å². The minimum atomic E-state index is -1.52. The van der Waals surface area contributed by atoms with Gasteiger partial charge in [-0.15, -0.1) is 0 Å². The van der Waals surface area contributed by atoms with E-state index in [1.807, 2.05) is 0 Å². The summed E-state index contributed by atoms with van der Waals surface area (Å²) in [6, 6.07) is 10.6. The molecule has 0 saturated carbocycles. The molecule has 0 aliphatic heterocycles. The van der Waals surface area contributed by atoms with Gasteiger partial charge in [-0.1, -0.05) is 36.4 Å². The molecule has 0 radical (unpaired) electrons. The second-order valence-electron chi connectivity index (χ2n) is 4.28. The maximum atomic E-state index is 10.5. The number of carbonyl (C=O) groups is 4. The number of hydrogen-bond acceptors (Lipinski definition) is 8. The van der Waals surface area contributed by atoms with Crippen molar-refractivity contribution < 1.29 is 50.6 Å². The van der Waals surface area contributed by atoms with Crippen LogP contribution in [0.1, 0.15) is 41.4 Å². The fraction of sp³-hybridized carbons (Fsp3) is 0. The third-order valence-corrected chi connectivity index (χ3v) is 2.75. The quantitative estimate of drug-likeness (QED) is 0.514. The smallest absolute Gasteiger partial charge is 0.870 e. The van der Waals surface area contributed by atoms with Crippen molar-refractivity contribution in [2.45, 2.75) is 0 Å². The number of aromatic carboxylic acids is 4. The Morgan fingerprint density at radius 1 is 0.571 bits per heavy atom. The van der Waals surface area contributed by atoms with Crippen LogP contribution in [0.25, 0.3) is 0 Å². The number of hydrogen-bond donors (Lipinski definition) is 2. The standard InChI is InChI=1S/2C8H6O4.2Ca.2H2O/c2*9-7(10)5-3-1-2-4-6(5)8(11)12;;;;/h2*1-4H,(H,9,10)(H,11,12);;;2*1H2/q;;2*+2;;/p-4. The second kappa shape index (κ2) is 16.7. The normalized spacial score (nSPS) is 8.00. The Labute approximate surface area is 218 Å². The van der Waals surface area contributed by atoms with Crippen LogP contribution < -0.4 is 10.2 Å². The molecule has 28 heavy (non-hydrogen) atoms. The van der Waals surface area contributed by atoms with Crippen LogP contribution in [0.15, 0.2) is 48.5 Å². The van der Waals surface area contributed by atoms with Crippen molar-refractivity contribution in [3.8, 4) is 0 Å². The maximum Gasteiger partial charge on any atom is 2.00 e. The van der Waals surface area contributed by atoms with Gasteiger partial charge < -0.3 is 41.0 Å². The van der Waals surface area contributed by atoms with Crippen LogP contribution >= 0.6 is 0 Å². The van der Waals surface area contributed by atoms with E-state index in [9.17, 15) is 29.4 Å². The van der Waals surface area contributed by atoms with Crippen LogP contribution in [-0.2, 0) is 0 Å². The first-order chi connectivity index (χ1) is 11.3. The van der Waals surface area contributed by atoms with Crippen LogP contribution in [0.2, 0.25) is 0 Å². The molecule has 0 unspecified atom stereocenters. The fourth-order valence-electron chi connectivity index (χ4n) is 1.70. The van der Waals surface area contributed by atoms with Crippen LogP contribution in [-0.4, -0.2) is 121 Å². The molecular formula is C16H12Ca2O10. The van der Waals surface area contributed by atoms with Gasteiger partial charge in [0.2, 0.25) is 0 Å². The zero-order valence-electron chi connectivity index (χ0n) is 14.3. The summed E-state index contributed by atoms with van der Waals surface area (Å²) in [7, 11) is 0. The number of carboxylic acids is 4. The van der Waals surface area contributed by atoms with E-state index in [0.717, 1.165) is 12.1 Å². The van der Waals surface area contributed by atoms with Gasteiger partial charge in [0.1, 0.15) is 0 Å². The number of benzene rings is 2. The predicted molar refractivity (Wildman–Crippen MR) is 90.8 cm³/mol. The molecule has 0 spiro atoms. The molecule has 140 valence electrons. The second-order valence-corrected chi connectivity index (χ2v) is 4.28. The van der Waals surface area contributed by atoms with E-state index >= 15 is 0 Å². The van der Waals surface area contributed by atoms with E-state index in [2.05, 4.69) is 0 Å². The molecule has 0 aliphatic rings. The van der Waals surface area contributed by atoms with Gasteiger partial charge in [-0.3, -0.25) is 0 Å². The molecule has 0 atom stereocenters. The molecule has 0 aliphatic carbocycles. The molecule has 0 amide bonds. The Hall–Kier alpha value is -1.24. The summed E-state index contributed by atoms with van der Waals surface area (Å²) in [4.78, 5) is 41.6. The Morgan fingerprint density at radius 3 is 0.964 bits per heavy atom. The fourth-order valence-corrected chi connectivity index (χ4v) is 1.70. The summed E-state index contributed by atoms with van der Waals surface area (Å²) >= 11 is 0. The molecule has 0 heterocycles. The Bertz CT molecular complexity index is 674. The summed E-state index contributed by atoms with van der Waals surface area (Å²) in [5.74, 6) is -5.49. The van der Waals surface area contributed by atoms with E-state index in [0.29, 0.717) is 0 Å². The van der Waals surface area contributed by atoms with Crippen LogP contribution in [0, 0.1) is 0 Å². The number of rotatable bonds is 4. The summed E-state index contributed by atoms with van der Waals surface area (Å²) in [5, 5.41) is 37.8. The summed E-state index contributed by atoms with van der Waals surface area (Å²) < 4.78 is 0. The van der Waals surface area contributed by atoms with Crippen LogP contribution in [0.4, 0.5) is 0 Å². The van der Waals surface area contributed by atoms with Crippen molar-refractivity contribution in [2.24, 2.45) is 0 Å². The monoisotopic (exact) mass is 444 g/mol. The largest absolute Gasteiger partial charge is 2.00 e. The van der Waals surface area contributed by atoms with Gasteiger partial charge in [0, 0.05) is 11.1 Å². The average molecular weight is 444 g/mol. The maximum absolute atomic E-state index is 10.5. The summed E-state index contributed by atoms with van der Waals surface area (Å²) in [6.45, 7) is 0. The Kier molecular flexibility index (Phi) is 20.4. The van der Waals surface area contributed by atoms with Crippen molar-refractivity contribution in [1.29, 1.82) is 0 Å². The van der Waals surface area contributed by atoms with Gasteiger partial charge in [-0.05, 0) is 12.1 Å². The number of carboxylic acid groups (broad SMARTS) is 4. The molecule has 2 aromatic carbocycles. The zero-order chi connectivity index (χ0) is 18.3. The van der Waals surface area contributed by atoms with Crippen molar-refractivity contribution in [2.75, 3.05) is 0 Å². The first-order valence-corrected chi connectivity index (χ1v) is 6.33. The molecule has 0 saturated heterocycles. The van der Waals surface area contributed by atoms with E-state index in [1.54, 1.807) is 0 Å². The molecule has 0 aromatic heterocycles. The first kappa shape index (κ1) is 34.3. The van der Waals surface area contributed by atoms with Crippen LogP contribution in [0.5, 0.6) is 0 Å². The summed E-state index contributed by atoms with van der Waals surface area (Å²) in [5.41, 5.74) is -1.11. The Balaban J connectivity index is -0.000000180. The van der Waals surface area contributed by atoms with Gasteiger partial charge in [0.05, 0.1) is 23.1 Å². The van der Waals surface area contributed by atoms with Crippen molar-refractivity contribution >= 4 is 99.4 Å². The molecular weight excluding hydrogens is 432 g/mol. The predicted octanol–water partition coefficient (Wildman–Crippen LogP) is -1.62. The van der Waals surface area contributed by atoms with E-state index < -0.39 is 23.9 Å². The third-order valence-electron chi connectivity index (χ3n) is 2.75. The first-order valence-electron chi connectivity index (χ1n) is 6.33. The minimum Gasteiger partial charge on any atom is -0.870 e. The molecule has 4 N–H and O–H groups in total. The SMILES string of the molecule is O=C(O)c1ccccc1C(=O)O.O=C([O-])c1ccccc1C(=O)[O-].[Ca+2].[Ca+2].[OH-].[OH-].